The Bertz CT molecular complexity index is 2600. The zero-order valence-corrected chi connectivity index (χ0v) is 38.2. The third-order valence-electron chi connectivity index (χ3n) is 14.7. The number of hydrogen-bond donors (Lipinski definition) is 6. The van der Waals surface area contributed by atoms with Crippen LogP contribution in [0, 0.1) is 22.7 Å². The number of Topliss-reactive ketones (excluding diaryl/α,β-unsaturated/α-hetero) is 1. The summed E-state index contributed by atoms with van der Waals surface area (Å²) in [6, 6.07) is 11.8. The molecule has 4 aliphatic carbocycles. The SMILES string of the molecule is C[C@H](NC(=O)CN1C(=O)C=CC1=O)C(=O)N[C@@H](C)C(=O)Nc1cccc(Cc2ccc([C@@H]3O[C@@H]4C[C@H]5[C@@H]6C[C@H](F)C7=CC(=O)C=C[C@]7(C)[C@@]6(F)[C@@H](O)C[C@]5(C)[C@]4(C(=O)COP(=O)(O)O)O3)cc2)c1. The lowest BCUT2D eigenvalue weighted by atomic mass is 9.44. The van der Waals surface area contributed by atoms with Gasteiger partial charge in [0.2, 0.25) is 17.7 Å². The number of rotatable bonds is 14. The summed E-state index contributed by atoms with van der Waals surface area (Å²) in [6.07, 6.45) is -0.689. The van der Waals surface area contributed by atoms with Crippen LogP contribution in [-0.2, 0) is 58.5 Å². The summed E-state index contributed by atoms with van der Waals surface area (Å²) in [4.78, 5) is 108. The summed E-state index contributed by atoms with van der Waals surface area (Å²) < 4.78 is 63.5. The molecule has 2 aliphatic heterocycles. The van der Waals surface area contributed by atoms with Crippen molar-refractivity contribution >= 4 is 54.6 Å². The molecule has 362 valence electrons. The van der Waals surface area contributed by atoms with Crippen LogP contribution in [0.2, 0.25) is 0 Å². The number of alkyl halides is 2. The van der Waals surface area contributed by atoms with E-state index < -0.39 is 139 Å². The molecule has 21 heteroatoms. The first-order valence-corrected chi connectivity index (χ1v) is 23.6. The van der Waals surface area contributed by atoms with Crippen LogP contribution in [0.4, 0.5) is 14.5 Å². The predicted molar refractivity (Wildman–Crippen MR) is 234 cm³/mol. The number of allylic oxidation sites excluding steroid dienone is 4. The van der Waals surface area contributed by atoms with Crippen LogP contribution < -0.4 is 16.0 Å². The zero-order chi connectivity index (χ0) is 49.3. The number of benzene rings is 2. The first-order valence-electron chi connectivity index (χ1n) is 22.0. The number of fused-ring (bicyclic) bond motifs is 7. The van der Waals surface area contributed by atoms with E-state index in [1.54, 1.807) is 49.4 Å². The minimum Gasteiger partial charge on any atom is -0.390 e. The number of hydrogen-bond acceptors (Lipinski definition) is 12. The van der Waals surface area contributed by atoms with E-state index in [9.17, 15) is 53.0 Å². The number of ketones is 2. The standard InChI is InChI=1S/C47H51F2N4O14P/c1-24(50-38(57)22-53-39(58)12-13-40(53)59)41(60)51-25(2)42(61)52-29-7-5-6-27(17-29)16-26-8-10-28(11-9-26)43-66-37-20-31-32-19-34(48)33-18-30(54)14-15-44(33,3)46(32,49)35(55)21-45(31,4)47(37,67-43)36(56)23-65-68(62,63)64/h5-15,17-18,24-25,31-32,34-35,37,43,55H,16,19-23H2,1-4H3,(H,50,57)(H,51,60)(H,52,61)(H2,62,63,64)/t24-,25-,31-,32-,34-,35-,37+,43+,44-,45-,46-,47+/m0/s1. The predicted octanol–water partition coefficient (Wildman–Crippen LogP) is 2.91. The van der Waals surface area contributed by atoms with Crippen molar-refractivity contribution in [2.75, 3.05) is 18.5 Å². The number of aliphatic hydroxyl groups excluding tert-OH is 1. The molecule has 0 spiro atoms. The topological polar surface area (TPSA) is 264 Å². The second-order valence-corrected chi connectivity index (χ2v) is 20.1. The van der Waals surface area contributed by atoms with Gasteiger partial charge in [-0.25, -0.2) is 13.3 Å². The molecule has 68 heavy (non-hydrogen) atoms. The Balaban J connectivity index is 0.933. The van der Waals surface area contributed by atoms with Crippen molar-refractivity contribution in [2.24, 2.45) is 22.7 Å². The van der Waals surface area contributed by atoms with Crippen LogP contribution in [0.25, 0.3) is 0 Å². The van der Waals surface area contributed by atoms with Gasteiger partial charge in [-0.1, -0.05) is 49.4 Å². The molecule has 18 nitrogen and oxygen atoms in total. The lowest BCUT2D eigenvalue weighted by Crippen LogP contribution is -2.70. The number of halogens is 2. The molecule has 12 atom stereocenters. The van der Waals surface area contributed by atoms with Crippen molar-refractivity contribution in [3.8, 4) is 0 Å². The molecule has 4 fully saturated rings. The van der Waals surface area contributed by atoms with Gasteiger partial charge < -0.3 is 40.3 Å². The fourth-order valence-corrected chi connectivity index (χ4v) is 11.7. The Morgan fingerprint density at radius 3 is 2.28 bits per heavy atom. The van der Waals surface area contributed by atoms with E-state index in [-0.39, 0.29) is 18.4 Å². The van der Waals surface area contributed by atoms with Crippen molar-refractivity contribution < 1.29 is 75.8 Å². The fraction of sp³-hybridized carbons (Fsp3) is 0.468. The number of phosphoric acid groups is 1. The van der Waals surface area contributed by atoms with Gasteiger partial charge in [-0.2, -0.15) is 0 Å². The third kappa shape index (κ3) is 8.39. The van der Waals surface area contributed by atoms with Crippen LogP contribution in [0.3, 0.4) is 0 Å². The summed E-state index contributed by atoms with van der Waals surface area (Å²) >= 11 is 0. The monoisotopic (exact) mass is 964 g/mol. The first kappa shape index (κ1) is 48.8. The van der Waals surface area contributed by atoms with Crippen LogP contribution in [0.15, 0.2) is 84.5 Å². The molecule has 6 N–H and O–H groups in total. The highest BCUT2D eigenvalue weighted by molar-refractivity contribution is 7.46. The number of aliphatic hydroxyl groups is 1. The molecule has 2 aromatic carbocycles. The molecule has 0 bridgehead atoms. The fourth-order valence-electron chi connectivity index (χ4n) is 11.4. The lowest BCUT2D eigenvalue weighted by Gasteiger charge is -2.63. The number of carbonyl (C=O) groups excluding carboxylic acids is 7. The maximum Gasteiger partial charge on any atom is 0.470 e. The minimum atomic E-state index is -5.17. The number of ether oxygens (including phenoxy) is 2. The largest absolute Gasteiger partial charge is 0.470 e. The Labute approximate surface area is 388 Å². The Morgan fingerprint density at radius 2 is 1.60 bits per heavy atom. The number of amides is 5. The maximum absolute atomic E-state index is 17.9. The molecule has 0 radical (unpaired) electrons. The third-order valence-corrected chi connectivity index (χ3v) is 15.2. The van der Waals surface area contributed by atoms with Gasteiger partial charge in [0.15, 0.2) is 29.1 Å². The molecule has 2 heterocycles. The Morgan fingerprint density at radius 1 is 0.926 bits per heavy atom. The van der Waals surface area contributed by atoms with Crippen LogP contribution in [-0.4, -0.2) is 116 Å². The quantitative estimate of drug-likeness (QED) is 0.118. The average molecular weight is 965 g/mol. The second-order valence-electron chi connectivity index (χ2n) is 18.8. The van der Waals surface area contributed by atoms with Crippen molar-refractivity contribution in [3.63, 3.8) is 0 Å². The van der Waals surface area contributed by atoms with Crippen molar-refractivity contribution in [1.82, 2.24) is 15.5 Å². The van der Waals surface area contributed by atoms with Crippen molar-refractivity contribution in [1.29, 1.82) is 0 Å². The van der Waals surface area contributed by atoms with E-state index in [0.717, 1.165) is 40.3 Å². The van der Waals surface area contributed by atoms with Gasteiger partial charge >= 0.3 is 7.82 Å². The lowest BCUT2D eigenvalue weighted by molar-refractivity contribution is -0.235. The van der Waals surface area contributed by atoms with E-state index in [0.29, 0.717) is 17.7 Å². The molecule has 3 saturated carbocycles. The summed E-state index contributed by atoms with van der Waals surface area (Å²) in [7, 11) is -5.17. The highest BCUT2D eigenvalue weighted by Crippen LogP contribution is 2.72. The van der Waals surface area contributed by atoms with Crippen LogP contribution >= 0.6 is 7.82 Å². The summed E-state index contributed by atoms with van der Waals surface area (Å²) in [5, 5.41) is 19.5. The number of anilines is 1. The number of phosphoric ester groups is 1. The summed E-state index contributed by atoms with van der Waals surface area (Å²) in [5.74, 6) is -6.69. The molecule has 6 aliphatic rings. The van der Waals surface area contributed by atoms with Crippen molar-refractivity contribution in [2.45, 2.75) is 101 Å². The highest BCUT2D eigenvalue weighted by atomic mass is 31.2. The van der Waals surface area contributed by atoms with E-state index in [2.05, 4.69) is 20.5 Å². The molecule has 0 unspecified atom stereocenters. The number of nitrogens with zero attached hydrogens (tertiary/aromatic N) is 1. The summed E-state index contributed by atoms with van der Waals surface area (Å²) in [5.41, 5.74) is -5.21. The minimum absolute atomic E-state index is 0.0268. The summed E-state index contributed by atoms with van der Waals surface area (Å²) in [6.45, 7) is 4.24. The molecule has 8 rings (SSSR count). The Hall–Kier alpha value is -5.60. The van der Waals surface area contributed by atoms with Gasteiger partial charge in [-0.15, -0.1) is 0 Å². The number of carbonyl (C=O) groups is 7. The van der Waals surface area contributed by atoms with Crippen LogP contribution in [0.5, 0.6) is 0 Å². The van der Waals surface area contributed by atoms with Crippen LogP contribution in [0.1, 0.15) is 69.9 Å². The van der Waals surface area contributed by atoms with Gasteiger partial charge in [-0.05, 0) is 93.4 Å². The van der Waals surface area contributed by atoms with Gasteiger partial charge in [0, 0.05) is 40.2 Å². The van der Waals surface area contributed by atoms with E-state index in [4.69, 9.17) is 9.47 Å². The van der Waals surface area contributed by atoms with E-state index in [1.807, 2.05) is 6.07 Å². The van der Waals surface area contributed by atoms with Gasteiger partial charge in [0.1, 0.15) is 31.4 Å². The van der Waals surface area contributed by atoms with Crippen molar-refractivity contribution in [3.05, 3.63) is 101 Å². The Kier molecular flexibility index (Phi) is 12.7. The van der Waals surface area contributed by atoms with E-state index >= 15 is 8.78 Å². The molecule has 0 aromatic heterocycles. The molecule has 5 amide bonds. The molecular formula is C47H51F2N4O14P. The first-order chi connectivity index (χ1) is 31.9. The van der Waals surface area contributed by atoms with E-state index in [1.165, 1.54) is 26.8 Å². The zero-order valence-electron chi connectivity index (χ0n) is 37.3. The van der Waals surface area contributed by atoms with Gasteiger partial charge in [0.25, 0.3) is 11.8 Å². The normalized spacial score (nSPS) is 33.5. The molecule has 1 saturated heterocycles. The average Bonchev–Trinajstić information content (AvgIpc) is 3.90. The van der Waals surface area contributed by atoms with Gasteiger partial charge in [-0.3, -0.25) is 43.0 Å². The highest BCUT2D eigenvalue weighted by Gasteiger charge is 2.80. The molecular weight excluding hydrogens is 914 g/mol. The smallest absolute Gasteiger partial charge is 0.390 e. The number of nitrogens with one attached hydrogen (secondary N) is 3. The second kappa shape index (κ2) is 17.7. The molecule has 2 aromatic rings. The maximum atomic E-state index is 17.9. The number of imide groups is 1. The van der Waals surface area contributed by atoms with Gasteiger partial charge in [0.05, 0.1) is 12.2 Å².